The highest BCUT2D eigenvalue weighted by Crippen LogP contribution is 2.22. The highest BCUT2D eigenvalue weighted by molar-refractivity contribution is 4.85. The van der Waals surface area contributed by atoms with Crippen molar-refractivity contribution in [2.75, 3.05) is 26.2 Å². The molecular weight excluding hydrogens is 248 g/mol. The summed E-state index contributed by atoms with van der Waals surface area (Å²) in [5.41, 5.74) is 0. The fourth-order valence-corrected chi connectivity index (χ4v) is 3.76. The Kier molecular flexibility index (Phi) is 7.32. The molecule has 0 saturated carbocycles. The number of ether oxygens (including phenoxy) is 1. The number of hydrogen-bond donors (Lipinski definition) is 1. The molecule has 118 valence electrons. The van der Waals surface area contributed by atoms with Crippen LogP contribution in [0.3, 0.4) is 0 Å². The third kappa shape index (κ3) is 5.01. The van der Waals surface area contributed by atoms with Crippen LogP contribution in [0.15, 0.2) is 0 Å². The van der Waals surface area contributed by atoms with Crippen LogP contribution in [-0.2, 0) is 4.74 Å². The molecule has 0 aromatic carbocycles. The number of likely N-dealkylation sites (tertiary alicyclic amines) is 1. The highest BCUT2D eigenvalue weighted by Gasteiger charge is 2.26. The first-order valence-electron chi connectivity index (χ1n) is 8.90. The monoisotopic (exact) mass is 282 g/mol. The number of nitrogens with zero attached hydrogens (tertiary/aromatic N) is 1. The molecule has 3 unspecified atom stereocenters. The summed E-state index contributed by atoms with van der Waals surface area (Å²) in [7, 11) is 0. The van der Waals surface area contributed by atoms with Gasteiger partial charge in [-0.3, -0.25) is 4.90 Å². The molecule has 2 rings (SSSR count). The van der Waals surface area contributed by atoms with E-state index in [9.17, 15) is 0 Å². The predicted molar refractivity (Wildman–Crippen MR) is 85.2 cm³/mol. The number of nitrogens with one attached hydrogen (secondary N) is 1. The minimum absolute atomic E-state index is 0.564. The summed E-state index contributed by atoms with van der Waals surface area (Å²) in [5, 5.41) is 3.70. The van der Waals surface area contributed by atoms with Crippen LogP contribution >= 0.6 is 0 Å². The van der Waals surface area contributed by atoms with Gasteiger partial charge in [0.15, 0.2) is 0 Å². The maximum absolute atomic E-state index is 5.74. The van der Waals surface area contributed by atoms with Crippen LogP contribution in [0.1, 0.15) is 65.2 Å². The quantitative estimate of drug-likeness (QED) is 0.740. The first-order chi connectivity index (χ1) is 9.81. The van der Waals surface area contributed by atoms with E-state index in [1.165, 1.54) is 64.5 Å². The lowest BCUT2D eigenvalue weighted by atomic mass is 9.95. The van der Waals surface area contributed by atoms with Crippen molar-refractivity contribution in [2.24, 2.45) is 0 Å². The van der Waals surface area contributed by atoms with E-state index in [1.54, 1.807) is 0 Å². The van der Waals surface area contributed by atoms with Gasteiger partial charge in [-0.05, 0) is 71.5 Å². The van der Waals surface area contributed by atoms with Gasteiger partial charge < -0.3 is 10.1 Å². The van der Waals surface area contributed by atoms with Crippen LogP contribution < -0.4 is 5.32 Å². The normalized spacial score (nSPS) is 29.7. The van der Waals surface area contributed by atoms with Crippen molar-refractivity contribution >= 4 is 0 Å². The average molecular weight is 282 g/mol. The van der Waals surface area contributed by atoms with E-state index >= 15 is 0 Å². The van der Waals surface area contributed by atoms with E-state index < -0.39 is 0 Å². The van der Waals surface area contributed by atoms with Gasteiger partial charge in [-0.1, -0.05) is 13.3 Å². The molecule has 3 atom stereocenters. The van der Waals surface area contributed by atoms with Gasteiger partial charge in [0, 0.05) is 18.7 Å². The van der Waals surface area contributed by atoms with E-state index in [4.69, 9.17) is 4.74 Å². The summed E-state index contributed by atoms with van der Waals surface area (Å²) < 4.78 is 5.74. The molecule has 2 fully saturated rings. The maximum atomic E-state index is 5.74. The molecular formula is C17H34N2O. The smallest absolute Gasteiger partial charge is 0.0576 e. The third-order valence-corrected chi connectivity index (χ3v) is 4.95. The van der Waals surface area contributed by atoms with Gasteiger partial charge in [-0.15, -0.1) is 0 Å². The molecule has 3 heteroatoms. The minimum Gasteiger partial charge on any atom is -0.378 e. The maximum Gasteiger partial charge on any atom is 0.0576 e. The van der Waals surface area contributed by atoms with Gasteiger partial charge in [-0.2, -0.15) is 0 Å². The highest BCUT2D eigenvalue weighted by atomic mass is 16.5. The van der Waals surface area contributed by atoms with Crippen molar-refractivity contribution in [1.29, 1.82) is 0 Å². The Morgan fingerprint density at radius 2 is 2.15 bits per heavy atom. The standard InChI is InChI=1S/C17H34N2O/c1-3-11-18-15(2)17-10-4-5-12-19(17)13-6-8-16-9-7-14-20-16/h15-18H,3-14H2,1-2H3. The van der Waals surface area contributed by atoms with E-state index in [0.717, 1.165) is 19.2 Å². The molecule has 2 heterocycles. The number of piperidine rings is 1. The molecule has 2 saturated heterocycles. The second-order valence-electron chi connectivity index (χ2n) is 6.62. The van der Waals surface area contributed by atoms with Crippen LogP contribution in [0, 0.1) is 0 Å². The van der Waals surface area contributed by atoms with E-state index in [0.29, 0.717) is 12.1 Å². The van der Waals surface area contributed by atoms with Crippen molar-refractivity contribution in [2.45, 2.75) is 83.4 Å². The molecule has 3 nitrogen and oxygen atoms in total. The zero-order valence-corrected chi connectivity index (χ0v) is 13.6. The fraction of sp³-hybridized carbons (Fsp3) is 1.00. The van der Waals surface area contributed by atoms with Crippen LogP contribution in [-0.4, -0.2) is 49.3 Å². The Balaban J connectivity index is 1.71. The zero-order valence-electron chi connectivity index (χ0n) is 13.6. The second kappa shape index (κ2) is 9.01. The topological polar surface area (TPSA) is 24.5 Å². The SMILES string of the molecule is CCCNC(C)C1CCCCN1CCCC1CCCO1. The molecule has 0 spiro atoms. The van der Waals surface area contributed by atoms with Crippen molar-refractivity contribution < 1.29 is 4.74 Å². The first-order valence-corrected chi connectivity index (χ1v) is 8.90. The molecule has 1 N–H and O–H groups in total. The van der Waals surface area contributed by atoms with Crippen LogP contribution in [0.4, 0.5) is 0 Å². The third-order valence-electron chi connectivity index (χ3n) is 4.95. The summed E-state index contributed by atoms with van der Waals surface area (Å²) in [6.07, 6.45) is 11.1. The fourth-order valence-electron chi connectivity index (χ4n) is 3.76. The van der Waals surface area contributed by atoms with E-state index in [-0.39, 0.29) is 0 Å². The predicted octanol–water partition coefficient (Wildman–Crippen LogP) is 3.19. The lowest BCUT2D eigenvalue weighted by Gasteiger charge is -2.39. The summed E-state index contributed by atoms with van der Waals surface area (Å²) in [4.78, 5) is 2.74. The molecule has 0 aliphatic carbocycles. The van der Waals surface area contributed by atoms with E-state index in [2.05, 4.69) is 24.1 Å². The summed E-state index contributed by atoms with van der Waals surface area (Å²) in [6.45, 7) is 9.34. The Morgan fingerprint density at radius 1 is 1.25 bits per heavy atom. The van der Waals surface area contributed by atoms with Crippen LogP contribution in [0.5, 0.6) is 0 Å². The molecule has 0 amide bonds. The van der Waals surface area contributed by atoms with Gasteiger partial charge in [0.1, 0.15) is 0 Å². The molecule has 2 aliphatic heterocycles. The van der Waals surface area contributed by atoms with Gasteiger partial charge >= 0.3 is 0 Å². The lowest BCUT2D eigenvalue weighted by Crippen LogP contribution is -2.51. The van der Waals surface area contributed by atoms with E-state index in [1.807, 2.05) is 0 Å². The van der Waals surface area contributed by atoms with Crippen LogP contribution in [0.2, 0.25) is 0 Å². The van der Waals surface area contributed by atoms with Crippen molar-refractivity contribution in [3.05, 3.63) is 0 Å². The Morgan fingerprint density at radius 3 is 2.90 bits per heavy atom. The molecule has 0 aromatic heterocycles. The second-order valence-corrected chi connectivity index (χ2v) is 6.62. The van der Waals surface area contributed by atoms with Crippen molar-refractivity contribution in [3.63, 3.8) is 0 Å². The minimum atomic E-state index is 0.564. The van der Waals surface area contributed by atoms with Crippen LogP contribution in [0.25, 0.3) is 0 Å². The summed E-state index contributed by atoms with van der Waals surface area (Å²) in [6, 6.07) is 1.39. The van der Waals surface area contributed by atoms with Gasteiger partial charge in [0.25, 0.3) is 0 Å². The lowest BCUT2D eigenvalue weighted by molar-refractivity contribution is 0.0850. The van der Waals surface area contributed by atoms with Crippen molar-refractivity contribution in [3.8, 4) is 0 Å². The molecule has 20 heavy (non-hydrogen) atoms. The van der Waals surface area contributed by atoms with Crippen molar-refractivity contribution in [1.82, 2.24) is 10.2 Å². The molecule has 0 aromatic rings. The Labute approximate surface area is 125 Å². The average Bonchev–Trinajstić information content (AvgIpc) is 2.98. The first kappa shape index (κ1) is 16.3. The molecule has 0 bridgehead atoms. The molecule has 2 aliphatic rings. The number of hydrogen-bond acceptors (Lipinski definition) is 3. The zero-order chi connectivity index (χ0) is 14.2. The Bertz CT molecular complexity index is 253. The largest absolute Gasteiger partial charge is 0.378 e. The summed E-state index contributed by atoms with van der Waals surface area (Å²) >= 11 is 0. The van der Waals surface area contributed by atoms with Gasteiger partial charge in [0.2, 0.25) is 0 Å². The summed E-state index contributed by atoms with van der Waals surface area (Å²) in [5.74, 6) is 0. The molecule has 0 radical (unpaired) electrons. The van der Waals surface area contributed by atoms with Gasteiger partial charge in [-0.25, -0.2) is 0 Å². The number of rotatable bonds is 8. The van der Waals surface area contributed by atoms with Gasteiger partial charge in [0.05, 0.1) is 6.10 Å². The Hall–Kier alpha value is -0.120.